The number of rotatable bonds is 1. The Hall–Kier alpha value is -0.340. The minimum atomic E-state index is -0.456. The molecule has 0 radical (unpaired) electrons. The van der Waals surface area contributed by atoms with Gasteiger partial charge in [-0.1, -0.05) is 19.1 Å². The SMILES string of the molecule is C[C@]1(CO)CC=C[C@@H]1O. The van der Waals surface area contributed by atoms with Gasteiger partial charge in [-0.2, -0.15) is 0 Å². The van der Waals surface area contributed by atoms with Crippen molar-refractivity contribution in [2.45, 2.75) is 19.4 Å². The van der Waals surface area contributed by atoms with Crippen LogP contribution in [0.3, 0.4) is 0 Å². The van der Waals surface area contributed by atoms with Gasteiger partial charge in [0, 0.05) is 5.41 Å². The van der Waals surface area contributed by atoms with Crippen LogP contribution >= 0.6 is 0 Å². The molecule has 0 aromatic heterocycles. The molecule has 0 fully saturated rings. The molecule has 1 aliphatic carbocycles. The molecule has 0 heterocycles. The Bertz CT molecular complexity index is 131. The number of aliphatic hydroxyl groups is 2. The Morgan fingerprint density at radius 2 is 2.44 bits per heavy atom. The van der Waals surface area contributed by atoms with Gasteiger partial charge in [0.1, 0.15) is 0 Å². The van der Waals surface area contributed by atoms with Gasteiger partial charge in [-0.3, -0.25) is 0 Å². The third-order valence-corrected chi connectivity index (χ3v) is 1.98. The molecule has 1 rings (SSSR count). The first kappa shape index (κ1) is 6.78. The fraction of sp³-hybridized carbons (Fsp3) is 0.714. The Labute approximate surface area is 54.8 Å². The van der Waals surface area contributed by atoms with Gasteiger partial charge in [-0.05, 0) is 6.42 Å². The molecule has 0 saturated carbocycles. The molecular formula is C7H12O2. The van der Waals surface area contributed by atoms with Crippen molar-refractivity contribution < 1.29 is 10.2 Å². The third-order valence-electron chi connectivity index (χ3n) is 1.98. The second kappa shape index (κ2) is 2.12. The van der Waals surface area contributed by atoms with Gasteiger partial charge < -0.3 is 10.2 Å². The lowest BCUT2D eigenvalue weighted by Gasteiger charge is -2.24. The van der Waals surface area contributed by atoms with E-state index >= 15 is 0 Å². The van der Waals surface area contributed by atoms with Crippen molar-refractivity contribution >= 4 is 0 Å². The van der Waals surface area contributed by atoms with Crippen LogP contribution in [0.4, 0.5) is 0 Å². The second-order valence-corrected chi connectivity index (χ2v) is 2.89. The summed E-state index contributed by atoms with van der Waals surface area (Å²) in [6.45, 7) is 1.93. The summed E-state index contributed by atoms with van der Waals surface area (Å²) in [5.41, 5.74) is -0.306. The topological polar surface area (TPSA) is 40.5 Å². The lowest BCUT2D eigenvalue weighted by molar-refractivity contribution is 0.0368. The van der Waals surface area contributed by atoms with Crippen molar-refractivity contribution in [2.75, 3.05) is 6.61 Å². The van der Waals surface area contributed by atoms with Crippen LogP contribution in [0.1, 0.15) is 13.3 Å². The number of aliphatic hydroxyl groups excluding tert-OH is 2. The molecule has 0 saturated heterocycles. The Balaban J connectivity index is 2.62. The van der Waals surface area contributed by atoms with Gasteiger partial charge in [0.25, 0.3) is 0 Å². The molecule has 0 aliphatic heterocycles. The first-order valence-corrected chi connectivity index (χ1v) is 3.15. The molecule has 2 atom stereocenters. The minimum absolute atomic E-state index is 0.0567. The van der Waals surface area contributed by atoms with E-state index in [1.54, 1.807) is 6.08 Å². The third kappa shape index (κ3) is 1.00. The molecule has 0 aromatic carbocycles. The van der Waals surface area contributed by atoms with Crippen molar-refractivity contribution in [1.29, 1.82) is 0 Å². The molecule has 2 nitrogen and oxygen atoms in total. The van der Waals surface area contributed by atoms with Crippen LogP contribution in [-0.4, -0.2) is 22.9 Å². The van der Waals surface area contributed by atoms with E-state index in [1.807, 2.05) is 13.0 Å². The van der Waals surface area contributed by atoms with Crippen LogP contribution in [0.25, 0.3) is 0 Å². The van der Waals surface area contributed by atoms with E-state index in [1.165, 1.54) is 0 Å². The van der Waals surface area contributed by atoms with E-state index in [0.717, 1.165) is 6.42 Å². The van der Waals surface area contributed by atoms with E-state index < -0.39 is 6.10 Å². The summed E-state index contributed by atoms with van der Waals surface area (Å²) in [5, 5.41) is 18.0. The zero-order valence-electron chi connectivity index (χ0n) is 5.54. The van der Waals surface area contributed by atoms with Gasteiger partial charge in [-0.15, -0.1) is 0 Å². The molecule has 0 aromatic rings. The highest BCUT2D eigenvalue weighted by Gasteiger charge is 2.32. The number of hydrogen-bond acceptors (Lipinski definition) is 2. The molecule has 0 unspecified atom stereocenters. The molecule has 52 valence electrons. The molecule has 0 spiro atoms. The van der Waals surface area contributed by atoms with Crippen molar-refractivity contribution in [1.82, 2.24) is 0 Å². The smallest absolute Gasteiger partial charge is 0.0799 e. The first-order chi connectivity index (χ1) is 4.19. The molecule has 0 amide bonds. The Kier molecular flexibility index (Phi) is 1.60. The van der Waals surface area contributed by atoms with E-state index in [-0.39, 0.29) is 12.0 Å². The molecular weight excluding hydrogens is 116 g/mol. The van der Waals surface area contributed by atoms with Crippen LogP contribution in [0.15, 0.2) is 12.2 Å². The predicted octanol–water partition coefficient (Wildman–Crippen LogP) is 0.306. The molecule has 0 bridgehead atoms. The monoisotopic (exact) mass is 128 g/mol. The van der Waals surface area contributed by atoms with Gasteiger partial charge in [0.15, 0.2) is 0 Å². The van der Waals surface area contributed by atoms with Gasteiger partial charge in [0.05, 0.1) is 12.7 Å². The summed E-state index contributed by atoms with van der Waals surface area (Å²) in [6, 6.07) is 0. The van der Waals surface area contributed by atoms with Crippen LogP contribution in [0.5, 0.6) is 0 Å². The molecule has 2 N–H and O–H groups in total. The second-order valence-electron chi connectivity index (χ2n) is 2.89. The average Bonchev–Trinajstić information content (AvgIpc) is 2.15. The van der Waals surface area contributed by atoms with Crippen LogP contribution in [-0.2, 0) is 0 Å². The molecule has 9 heavy (non-hydrogen) atoms. The highest BCUT2D eigenvalue weighted by atomic mass is 16.3. The Morgan fingerprint density at radius 3 is 2.67 bits per heavy atom. The zero-order valence-corrected chi connectivity index (χ0v) is 5.54. The van der Waals surface area contributed by atoms with Gasteiger partial charge >= 0.3 is 0 Å². The summed E-state index contributed by atoms with van der Waals surface area (Å²) in [7, 11) is 0. The zero-order chi connectivity index (χ0) is 6.91. The summed E-state index contributed by atoms with van der Waals surface area (Å²) in [4.78, 5) is 0. The largest absolute Gasteiger partial charge is 0.396 e. The number of hydrogen-bond donors (Lipinski definition) is 2. The lowest BCUT2D eigenvalue weighted by atomic mass is 9.87. The minimum Gasteiger partial charge on any atom is -0.396 e. The van der Waals surface area contributed by atoms with Crippen molar-refractivity contribution in [2.24, 2.45) is 5.41 Å². The molecule has 2 heteroatoms. The predicted molar refractivity (Wildman–Crippen MR) is 35.0 cm³/mol. The fourth-order valence-electron chi connectivity index (χ4n) is 0.977. The van der Waals surface area contributed by atoms with E-state index in [4.69, 9.17) is 5.11 Å². The number of allylic oxidation sites excluding steroid dienone is 1. The highest BCUT2D eigenvalue weighted by Crippen LogP contribution is 2.31. The summed E-state index contributed by atoms with van der Waals surface area (Å²) in [5.74, 6) is 0. The van der Waals surface area contributed by atoms with Crippen LogP contribution in [0, 0.1) is 5.41 Å². The summed E-state index contributed by atoms with van der Waals surface area (Å²) in [6.07, 6.45) is 3.96. The van der Waals surface area contributed by atoms with Crippen molar-refractivity contribution in [3.8, 4) is 0 Å². The Morgan fingerprint density at radius 1 is 1.78 bits per heavy atom. The normalized spacial score (nSPS) is 41.9. The van der Waals surface area contributed by atoms with Gasteiger partial charge in [0.2, 0.25) is 0 Å². The fourth-order valence-corrected chi connectivity index (χ4v) is 0.977. The highest BCUT2D eigenvalue weighted by molar-refractivity contribution is 5.07. The van der Waals surface area contributed by atoms with E-state index in [2.05, 4.69) is 0 Å². The maximum absolute atomic E-state index is 9.20. The maximum atomic E-state index is 9.20. The lowest BCUT2D eigenvalue weighted by Crippen LogP contribution is -2.30. The molecule has 1 aliphatic rings. The van der Waals surface area contributed by atoms with Crippen LogP contribution < -0.4 is 0 Å². The standard InChI is InChI=1S/C7H12O2/c1-7(5-8)4-2-3-6(7)9/h2-3,6,8-9H,4-5H2,1H3/t6-,7+/m0/s1. The summed E-state index contributed by atoms with van der Waals surface area (Å²) < 4.78 is 0. The van der Waals surface area contributed by atoms with Crippen molar-refractivity contribution in [3.05, 3.63) is 12.2 Å². The first-order valence-electron chi connectivity index (χ1n) is 3.15. The maximum Gasteiger partial charge on any atom is 0.0799 e. The van der Waals surface area contributed by atoms with E-state index in [0.29, 0.717) is 0 Å². The summed E-state index contributed by atoms with van der Waals surface area (Å²) >= 11 is 0. The van der Waals surface area contributed by atoms with Gasteiger partial charge in [-0.25, -0.2) is 0 Å². The average molecular weight is 128 g/mol. The quantitative estimate of drug-likeness (QED) is 0.499. The van der Waals surface area contributed by atoms with Crippen molar-refractivity contribution in [3.63, 3.8) is 0 Å². The van der Waals surface area contributed by atoms with E-state index in [9.17, 15) is 5.11 Å². The van der Waals surface area contributed by atoms with Crippen LogP contribution in [0.2, 0.25) is 0 Å².